The lowest BCUT2D eigenvalue weighted by Gasteiger charge is -2.16. The smallest absolute Gasteiger partial charge is 0.253 e. The number of benzene rings is 1. The van der Waals surface area contributed by atoms with Crippen LogP contribution in [0.1, 0.15) is 22.5 Å². The minimum atomic E-state index is -0.0188. The maximum atomic E-state index is 12.3. The summed E-state index contributed by atoms with van der Waals surface area (Å²) in [5.41, 5.74) is 1.57. The second kappa shape index (κ2) is 5.91. The van der Waals surface area contributed by atoms with Crippen molar-refractivity contribution in [1.82, 2.24) is 15.1 Å². The fraction of sp³-hybridized carbons (Fsp3) is 0.312. The number of hydrogen-bond donors (Lipinski definition) is 0. The largest absolute Gasteiger partial charge is 0.471 e. The van der Waals surface area contributed by atoms with E-state index in [0.29, 0.717) is 24.5 Å². The Balaban J connectivity index is 1.60. The molecular weight excluding hydrogens is 266 g/mol. The normalized spacial score (nSPS) is 17.8. The Morgan fingerprint density at radius 1 is 1.19 bits per heavy atom. The molecule has 5 nitrogen and oxygen atoms in total. The van der Waals surface area contributed by atoms with Gasteiger partial charge >= 0.3 is 0 Å². The number of amides is 1. The average molecular weight is 283 g/mol. The van der Waals surface area contributed by atoms with Crippen LogP contribution in [0.15, 0.2) is 42.5 Å². The zero-order valence-corrected chi connectivity index (χ0v) is 11.9. The molecule has 1 aliphatic rings. The minimum absolute atomic E-state index is 0.0188. The van der Waals surface area contributed by atoms with Crippen LogP contribution in [0, 0.1) is 6.92 Å². The van der Waals surface area contributed by atoms with Gasteiger partial charge in [0, 0.05) is 24.6 Å². The minimum Gasteiger partial charge on any atom is -0.471 e. The first-order chi connectivity index (χ1) is 10.2. The van der Waals surface area contributed by atoms with Gasteiger partial charge in [-0.1, -0.05) is 18.2 Å². The Labute approximate surface area is 123 Å². The second-order valence-electron chi connectivity index (χ2n) is 5.16. The molecular formula is C16H17N3O2. The summed E-state index contributed by atoms with van der Waals surface area (Å²) in [5, 5.41) is 7.96. The SMILES string of the molecule is Cc1ccc(OC2CCN(C(=O)c3ccccc3)C2)nn1. The monoisotopic (exact) mass is 283 g/mol. The number of hydrogen-bond acceptors (Lipinski definition) is 4. The number of aromatic nitrogens is 2. The van der Waals surface area contributed by atoms with Crippen LogP contribution in [-0.2, 0) is 0 Å². The fourth-order valence-corrected chi connectivity index (χ4v) is 2.39. The van der Waals surface area contributed by atoms with Gasteiger partial charge in [0.25, 0.3) is 5.91 Å². The third kappa shape index (κ3) is 3.18. The van der Waals surface area contributed by atoms with E-state index in [9.17, 15) is 4.79 Å². The van der Waals surface area contributed by atoms with Crippen LogP contribution in [0.3, 0.4) is 0 Å². The molecule has 0 aliphatic carbocycles. The van der Waals surface area contributed by atoms with E-state index in [1.807, 2.05) is 54.3 Å². The molecule has 5 heteroatoms. The van der Waals surface area contributed by atoms with E-state index in [0.717, 1.165) is 12.1 Å². The van der Waals surface area contributed by atoms with Crippen LogP contribution < -0.4 is 4.74 Å². The first kappa shape index (κ1) is 13.5. The van der Waals surface area contributed by atoms with Gasteiger partial charge in [0.15, 0.2) is 0 Å². The number of nitrogens with zero attached hydrogens (tertiary/aromatic N) is 3. The Morgan fingerprint density at radius 3 is 2.71 bits per heavy atom. The number of rotatable bonds is 3. The maximum Gasteiger partial charge on any atom is 0.253 e. The highest BCUT2D eigenvalue weighted by atomic mass is 16.5. The summed E-state index contributed by atoms with van der Waals surface area (Å²) in [6.45, 7) is 3.17. The molecule has 0 spiro atoms. The number of ether oxygens (including phenoxy) is 1. The molecule has 1 saturated heterocycles. The van der Waals surface area contributed by atoms with Crippen molar-refractivity contribution in [3.63, 3.8) is 0 Å². The average Bonchev–Trinajstić information content (AvgIpc) is 2.98. The molecule has 1 fully saturated rings. The first-order valence-corrected chi connectivity index (χ1v) is 7.04. The summed E-state index contributed by atoms with van der Waals surface area (Å²) in [4.78, 5) is 14.2. The molecule has 1 aromatic heterocycles. The van der Waals surface area contributed by atoms with Crippen molar-refractivity contribution < 1.29 is 9.53 Å². The lowest BCUT2D eigenvalue weighted by molar-refractivity contribution is 0.0771. The van der Waals surface area contributed by atoms with Gasteiger partial charge in [-0.15, -0.1) is 5.10 Å². The topological polar surface area (TPSA) is 55.3 Å². The summed E-state index contributed by atoms with van der Waals surface area (Å²) in [5.74, 6) is 0.566. The van der Waals surface area contributed by atoms with Crippen molar-refractivity contribution in [2.45, 2.75) is 19.4 Å². The molecule has 0 radical (unpaired) electrons. The summed E-state index contributed by atoms with van der Waals surface area (Å²) < 4.78 is 5.78. The molecule has 2 aromatic rings. The number of carbonyl (C=O) groups is 1. The van der Waals surface area contributed by atoms with E-state index in [1.54, 1.807) is 0 Å². The van der Waals surface area contributed by atoms with Crippen LogP contribution >= 0.6 is 0 Å². The second-order valence-corrected chi connectivity index (χ2v) is 5.16. The molecule has 0 bridgehead atoms. The van der Waals surface area contributed by atoms with Crippen LogP contribution in [0.4, 0.5) is 0 Å². The Kier molecular flexibility index (Phi) is 3.81. The standard InChI is InChI=1S/C16H17N3O2/c1-12-7-8-15(18-17-12)21-14-9-10-19(11-14)16(20)13-5-3-2-4-6-13/h2-8,14H,9-11H2,1H3. The van der Waals surface area contributed by atoms with Gasteiger partial charge in [0.1, 0.15) is 6.10 Å². The van der Waals surface area contributed by atoms with Gasteiger partial charge < -0.3 is 9.64 Å². The van der Waals surface area contributed by atoms with Gasteiger partial charge in [0.2, 0.25) is 5.88 Å². The number of carbonyl (C=O) groups excluding carboxylic acids is 1. The van der Waals surface area contributed by atoms with Crippen LogP contribution in [0.5, 0.6) is 5.88 Å². The summed E-state index contributed by atoms with van der Waals surface area (Å²) in [7, 11) is 0. The van der Waals surface area contributed by atoms with E-state index < -0.39 is 0 Å². The predicted molar refractivity (Wildman–Crippen MR) is 78.1 cm³/mol. The molecule has 1 aliphatic heterocycles. The van der Waals surface area contributed by atoms with Crippen molar-refractivity contribution in [2.24, 2.45) is 0 Å². The Bertz CT molecular complexity index is 613. The molecule has 2 heterocycles. The van der Waals surface area contributed by atoms with E-state index in [-0.39, 0.29) is 12.0 Å². The predicted octanol–water partition coefficient (Wildman–Crippen LogP) is 2.08. The van der Waals surface area contributed by atoms with E-state index >= 15 is 0 Å². The summed E-state index contributed by atoms with van der Waals surface area (Å²) in [6.07, 6.45) is 0.795. The highest BCUT2D eigenvalue weighted by Gasteiger charge is 2.28. The molecule has 21 heavy (non-hydrogen) atoms. The maximum absolute atomic E-state index is 12.3. The first-order valence-electron chi connectivity index (χ1n) is 7.04. The Hall–Kier alpha value is -2.43. The fourth-order valence-electron chi connectivity index (χ4n) is 2.39. The molecule has 1 aromatic carbocycles. The molecule has 1 amide bonds. The van der Waals surface area contributed by atoms with Crippen molar-refractivity contribution >= 4 is 5.91 Å². The van der Waals surface area contributed by atoms with Crippen molar-refractivity contribution in [1.29, 1.82) is 0 Å². The zero-order chi connectivity index (χ0) is 14.7. The van der Waals surface area contributed by atoms with Gasteiger partial charge in [-0.3, -0.25) is 4.79 Å². The summed E-state index contributed by atoms with van der Waals surface area (Å²) in [6, 6.07) is 13.0. The van der Waals surface area contributed by atoms with Crippen molar-refractivity contribution in [2.75, 3.05) is 13.1 Å². The Morgan fingerprint density at radius 2 is 2.00 bits per heavy atom. The number of likely N-dealkylation sites (tertiary alicyclic amines) is 1. The van der Waals surface area contributed by atoms with Gasteiger partial charge in [-0.2, -0.15) is 5.10 Å². The lowest BCUT2D eigenvalue weighted by atomic mass is 10.2. The van der Waals surface area contributed by atoms with Crippen LogP contribution in [0.2, 0.25) is 0 Å². The molecule has 1 unspecified atom stereocenters. The summed E-state index contributed by atoms with van der Waals surface area (Å²) >= 11 is 0. The highest BCUT2D eigenvalue weighted by molar-refractivity contribution is 5.94. The van der Waals surface area contributed by atoms with Gasteiger partial charge in [-0.05, 0) is 25.1 Å². The molecule has 108 valence electrons. The van der Waals surface area contributed by atoms with Crippen LogP contribution in [0.25, 0.3) is 0 Å². The van der Waals surface area contributed by atoms with Gasteiger partial charge in [-0.25, -0.2) is 0 Å². The highest BCUT2D eigenvalue weighted by Crippen LogP contribution is 2.18. The number of aryl methyl sites for hydroxylation is 1. The van der Waals surface area contributed by atoms with Gasteiger partial charge in [0.05, 0.1) is 12.2 Å². The lowest BCUT2D eigenvalue weighted by Crippen LogP contribution is -2.31. The van der Waals surface area contributed by atoms with E-state index in [4.69, 9.17) is 4.74 Å². The van der Waals surface area contributed by atoms with Crippen molar-refractivity contribution in [3.8, 4) is 5.88 Å². The van der Waals surface area contributed by atoms with E-state index in [2.05, 4.69) is 10.2 Å². The van der Waals surface area contributed by atoms with E-state index in [1.165, 1.54) is 0 Å². The molecule has 0 saturated carbocycles. The molecule has 3 rings (SSSR count). The zero-order valence-electron chi connectivity index (χ0n) is 11.9. The third-order valence-electron chi connectivity index (χ3n) is 3.51. The van der Waals surface area contributed by atoms with Crippen molar-refractivity contribution in [3.05, 3.63) is 53.7 Å². The molecule has 0 N–H and O–H groups in total. The van der Waals surface area contributed by atoms with Crippen LogP contribution in [-0.4, -0.2) is 40.2 Å². The molecule has 1 atom stereocenters. The quantitative estimate of drug-likeness (QED) is 0.865. The third-order valence-corrected chi connectivity index (χ3v) is 3.51.